The molecule has 4 atom stereocenters. The molecule has 0 aromatic heterocycles. The van der Waals surface area contributed by atoms with Gasteiger partial charge in [0.15, 0.2) is 0 Å². The summed E-state index contributed by atoms with van der Waals surface area (Å²) in [4.78, 5) is 155. The summed E-state index contributed by atoms with van der Waals surface area (Å²) in [5.74, 6) is -12.0. The standard InChI is InChI=1S/C41H69BN12O18/c1-25(2)38(39(67)48-26(3)40(68)54-8-4-5-28(54)42(71)72)49-34(60)21-47-33(59)20-46-32(58)19-45-31(57)18-44-30(56)17-43-29(55)7-6-27(41(69)70)53-15-13-51(23-36(63)64)11-9-50(22-35(61)62)10-12-52(14-16-53)24-37(65)66/h25-28,38,71-72H,4-24H2,1-3H3,(H,43,55)(H,44,56)(H,45,57)(H,46,58)(H,47,59)(H,48,67)(H,49,60)(H,61,62)(H,63,64)(H,65,66)(H,69,70)/t26-,27?,28+,38+/m1/s1. The molecule has 72 heavy (non-hydrogen) atoms. The molecule has 0 saturated carbocycles. The van der Waals surface area contributed by atoms with Crippen LogP contribution in [0.15, 0.2) is 0 Å². The van der Waals surface area contributed by atoms with E-state index in [0.717, 1.165) is 0 Å². The molecule has 0 radical (unpaired) electrons. The molecule has 0 spiro atoms. The van der Waals surface area contributed by atoms with E-state index in [1.54, 1.807) is 18.7 Å². The molecular weight excluding hydrogens is 959 g/mol. The number of rotatable bonds is 27. The Bertz CT molecular complexity index is 1900. The number of carbonyl (C=O) groups is 12. The van der Waals surface area contributed by atoms with Crippen molar-refractivity contribution in [2.75, 3.05) is 111 Å². The molecular formula is C41H69BN12O18. The van der Waals surface area contributed by atoms with E-state index in [1.165, 1.54) is 26.5 Å². The lowest BCUT2D eigenvalue weighted by Crippen LogP contribution is -2.57. The smallest absolute Gasteiger partial charge is 0.475 e. The lowest BCUT2D eigenvalue weighted by atomic mass is 9.78. The van der Waals surface area contributed by atoms with E-state index in [2.05, 4.69) is 37.2 Å². The first-order valence-corrected chi connectivity index (χ1v) is 23.3. The van der Waals surface area contributed by atoms with E-state index < -0.39 is 154 Å². The Morgan fingerprint density at radius 3 is 1.29 bits per heavy atom. The first-order chi connectivity index (χ1) is 33.9. The van der Waals surface area contributed by atoms with Gasteiger partial charge in [0.05, 0.1) is 58.3 Å². The Hall–Kier alpha value is -6.54. The molecule has 0 aliphatic carbocycles. The largest absolute Gasteiger partial charge is 0.480 e. The number of amides is 8. The fourth-order valence-corrected chi connectivity index (χ4v) is 7.62. The van der Waals surface area contributed by atoms with Gasteiger partial charge in [-0.05, 0) is 32.1 Å². The first kappa shape index (κ1) is 61.6. The average molecular weight is 1030 g/mol. The maximum absolute atomic E-state index is 13.0. The summed E-state index contributed by atoms with van der Waals surface area (Å²) in [6.45, 7) is 1.28. The summed E-state index contributed by atoms with van der Waals surface area (Å²) in [7, 11) is -1.74. The molecule has 2 rings (SSSR count). The zero-order valence-corrected chi connectivity index (χ0v) is 40.6. The molecule has 2 heterocycles. The highest BCUT2D eigenvalue weighted by Crippen LogP contribution is 2.19. The molecule has 30 nitrogen and oxygen atoms in total. The normalized spacial score (nSPS) is 17.6. The number of nitrogens with zero attached hydrogens (tertiary/aromatic N) is 5. The van der Waals surface area contributed by atoms with Gasteiger partial charge >= 0.3 is 31.0 Å². The Morgan fingerprint density at radius 2 is 0.917 bits per heavy atom. The summed E-state index contributed by atoms with van der Waals surface area (Å²) in [5, 5.41) is 73.8. The number of aliphatic carboxylic acids is 4. The molecule has 8 amide bonds. The van der Waals surface area contributed by atoms with Gasteiger partial charge in [-0.15, -0.1) is 0 Å². The Labute approximate surface area is 415 Å². The monoisotopic (exact) mass is 1030 g/mol. The fourth-order valence-electron chi connectivity index (χ4n) is 7.62. The van der Waals surface area contributed by atoms with Crippen molar-refractivity contribution >= 4 is 78.3 Å². The maximum Gasteiger partial charge on any atom is 0.475 e. The second-order valence-electron chi connectivity index (χ2n) is 17.5. The Balaban J connectivity index is 1.77. The second kappa shape index (κ2) is 31.7. The highest BCUT2D eigenvalue weighted by Gasteiger charge is 2.39. The lowest BCUT2D eigenvalue weighted by molar-refractivity contribution is -0.145. The number of carboxylic acid groups (broad SMARTS) is 4. The van der Waals surface area contributed by atoms with Crippen molar-refractivity contribution in [2.24, 2.45) is 5.92 Å². The molecule has 2 aliphatic heterocycles. The van der Waals surface area contributed by atoms with Gasteiger partial charge in [-0.1, -0.05) is 13.8 Å². The van der Waals surface area contributed by atoms with Crippen LogP contribution in [0.3, 0.4) is 0 Å². The van der Waals surface area contributed by atoms with E-state index in [4.69, 9.17) is 0 Å². The SMILES string of the molecule is CC(C)[C@H](NC(=O)CNC(=O)CNC(=O)CNC(=O)CNC(=O)CNC(=O)CCC(C(=O)O)N1CCN(CC(=O)O)CCN(CC(=O)O)CCN(CC(=O)O)CC1)C(=O)N[C@H](C)C(=O)N1CCC[C@H]1B(O)O. The number of nitrogens with one attached hydrogen (secondary N) is 7. The summed E-state index contributed by atoms with van der Waals surface area (Å²) < 4.78 is 0. The van der Waals surface area contributed by atoms with Crippen molar-refractivity contribution in [1.29, 1.82) is 0 Å². The summed E-state index contributed by atoms with van der Waals surface area (Å²) in [5.41, 5.74) is 0. The van der Waals surface area contributed by atoms with Crippen molar-refractivity contribution < 1.29 is 88.0 Å². The van der Waals surface area contributed by atoms with Crippen LogP contribution in [-0.2, 0) is 57.5 Å². The van der Waals surface area contributed by atoms with Crippen molar-refractivity contribution in [1.82, 2.24) is 61.7 Å². The third kappa shape index (κ3) is 24.1. The van der Waals surface area contributed by atoms with Gasteiger partial charge in [0.25, 0.3) is 0 Å². The lowest BCUT2D eigenvalue weighted by Gasteiger charge is -2.35. The van der Waals surface area contributed by atoms with E-state index >= 15 is 0 Å². The van der Waals surface area contributed by atoms with Crippen LogP contribution in [0.1, 0.15) is 46.5 Å². The molecule has 2 saturated heterocycles. The van der Waals surface area contributed by atoms with Crippen LogP contribution in [0, 0.1) is 5.92 Å². The minimum Gasteiger partial charge on any atom is -0.480 e. The summed E-state index contributed by atoms with van der Waals surface area (Å²) in [6, 6.07) is -3.45. The van der Waals surface area contributed by atoms with Crippen molar-refractivity contribution in [3.8, 4) is 0 Å². The van der Waals surface area contributed by atoms with Gasteiger partial charge in [-0.25, -0.2) is 0 Å². The average Bonchev–Trinajstić information content (AvgIpc) is 3.80. The zero-order valence-electron chi connectivity index (χ0n) is 40.6. The van der Waals surface area contributed by atoms with Crippen LogP contribution in [0.2, 0.25) is 0 Å². The minimum atomic E-state index is -1.74. The van der Waals surface area contributed by atoms with E-state index in [1.807, 2.05) is 0 Å². The summed E-state index contributed by atoms with van der Waals surface area (Å²) in [6.07, 6.45) is 0.294. The predicted octanol–water partition coefficient (Wildman–Crippen LogP) is -8.08. The third-order valence-electron chi connectivity index (χ3n) is 11.5. The first-order valence-electron chi connectivity index (χ1n) is 23.3. The molecule has 404 valence electrons. The van der Waals surface area contributed by atoms with Gasteiger partial charge < -0.3 is 72.6 Å². The maximum atomic E-state index is 13.0. The number of carbonyl (C=O) groups excluding carboxylic acids is 8. The van der Waals surface area contributed by atoms with E-state index in [-0.39, 0.29) is 78.3 Å². The molecule has 31 heteroatoms. The summed E-state index contributed by atoms with van der Waals surface area (Å²) >= 11 is 0. The molecule has 0 aromatic carbocycles. The third-order valence-corrected chi connectivity index (χ3v) is 11.5. The predicted molar refractivity (Wildman–Crippen MR) is 249 cm³/mol. The molecule has 2 fully saturated rings. The second-order valence-corrected chi connectivity index (χ2v) is 17.5. The van der Waals surface area contributed by atoms with Crippen molar-refractivity contribution in [2.45, 2.75) is 70.5 Å². The molecule has 1 unspecified atom stereocenters. The Kier molecular flexibility index (Phi) is 27.1. The topological polar surface area (TPSA) is 427 Å². The van der Waals surface area contributed by atoms with Crippen LogP contribution >= 0.6 is 0 Å². The fraction of sp³-hybridized carbons (Fsp3) is 0.707. The molecule has 2 aliphatic rings. The zero-order chi connectivity index (χ0) is 54.1. The highest BCUT2D eigenvalue weighted by atomic mass is 16.4. The number of hydrogen-bond donors (Lipinski definition) is 13. The van der Waals surface area contributed by atoms with Gasteiger partial charge in [0, 0.05) is 65.3 Å². The van der Waals surface area contributed by atoms with Crippen molar-refractivity contribution in [3.05, 3.63) is 0 Å². The van der Waals surface area contributed by atoms with Gasteiger partial charge in [0.2, 0.25) is 47.3 Å². The number of carboxylic acids is 4. The Morgan fingerprint density at radius 1 is 0.528 bits per heavy atom. The number of likely N-dealkylation sites (tertiary alicyclic amines) is 1. The van der Waals surface area contributed by atoms with E-state index in [9.17, 15) is 88.0 Å². The van der Waals surface area contributed by atoms with E-state index in [0.29, 0.717) is 12.8 Å². The molecule has 13 N–H and O–H groups in total. The van der Waals surface area contributed by atoms with Crippen LogP contribution in [0.4, 0.5) is 0 Å². The van der Waals surface area contributed by atoms with Crippen molar-refractivity contribution in [3.63, 3.8) is 0 Å². The van der Waals surface area contributed by atoms with Gasteiger partial charge in [-0.2, -0.15) is 0 Å². The van der Waals surface area contributed by atoms with Gasteiger partial charge in [-0.3, -0.25) is 77.1 Å². The van der Waals surface area contributed by atoms with Crippen LogP contribution in [0.5, 0.6) is 0 Å². The van der Waals surface area contributed by atoms with Crippen LogP contribution in [0.25, 0.3) is 0 Å². The molecule has 0 bridgehead atoms. The minimum absolute atomic E-state index is 0.00791. The quantitative estimate of drug-likeness (QED) is 0.0340. The number of hydrogen-bond acceptors (Lipinski definition) is 18. The van der Waals surface area contributed by atoms with Crippen LogP contribution in [-0.4, -0.2) is 269 Å². The highest BCUT2D eigenvalue weighted by molar-refractivity contribution is 6.43. The molecule has 0 aromatic rings. The van der Waals surface area contributed by atoms with Crippen LogP contribution < -0.4 is 37.2 Å². The van der Waals surface area contributed by atoms with Gasteiger partial charge in [0.1, 0.15) is 18.1 Å².